The average Bonchev–Trinajstić information content (AvgIpc) is 2.05. The Morgan fingerprint density at radius 2 is 2.08 bits per heavy atom. The van der Waals surface area contributed by atoms with Gasteiger partial charge < -0.3 is 5.73 Å². The first-order valence-electron chi connectivity index (χ1n) is 3.88. The van der Waals surface area contributed by atoms with Crippen LogP contribution in [0.3, 0.4) is 0 Å². The van der Waals surface area contributed by atoms with E-state index in [2.05, 4.69) is 6.58 Å². The summed E-state index contributed by atoms with van der Waals surface area (Å²) in [5.41, 5.74) is 7.42. The van der Waals surface area contributed by atoms with Crippen LogP contribution in [0.4, 0.5) is 0 Å². The van der Waals surface area contributed by atoms with Gasteiger partial charge in [-0.05, 0) is 30.2 Å². The van der Waals surface area contributed by atoms with Crippen LogP contribution in [-0.4, -0.2) is 6.54 Å². The van der Waals surface area contributed by atoms with E-state index in [4.69, 9.17) is 17.3 Å². The molecule has 0 atom stereocenters. The molecule has 0 spiro atoms. The van der Waals surface area contributed by atoms with Gasteiger partial charge in [0.15, 0.2) is 0 Å². The molecule has 0 aromatic heterocycles. The van der Waals surface area contributed by atoms with E-state index in [1.165, 1.54) is 0 Å². The SMILES string of the molecule is C=C(CCN)c1ccccc1Cl. The first-order valence-corrected chi connectivity index (χ1v) is 4.26. The van der Waals surface area contributed by atoms with Crippen molar-refractivity contribution in [3.8, 4) is 0 Å². The summed E-state index contributed by atoms with van der Waals surface area (Å²) in [5.74, 6) is 0. The summed E-state index contributed by atoms with van der Waals surface area (Å²) in [6, 6.07) is 7.67. The first-order chi connectivity index (χ1) is 5.75. The van der Waals surface area contributed by atoms with Crippen molar-refractivity contribution in [3.05, 3.63) is 41.4 Å². The van der Waals surface area contributed by atoms with Crippen LogP contribution in [0.25, 0.3) is 5.57 Å². The summed E-state index contributed by atoms with van der Waals surface area (Å²) in [7, 11) is 0. The van der Waals surface area contributed by atoms with E-state index < -0.39 is 0 Å². The Morgan fingerprint density at radius 1 is 1.42 bits per heavy atom. The molecule has 1 rings (SSSR count). The second-order valence-electron chi connectivity index (χ2n) is 2.62. The van der Waals surface area contributed by atoms with Crippen LogP contribution in [0.2, 0.25) is 5.02 Å². The van der Waals surface area contributed by atoms with Crippen LogP contribution >= 0.6 is 11.6 Å². The van der Waals surface area contributed by atoms with Crippen LogP contribution in [0.15, 0.2) is 30.8 Å². The molecule has 0 fully saturated rings. The van der Waals surface area contributed by atoms with E-state index in [1.54, 1.807) is 0 Å². The van der Waals surface area contributed by atoms with Crippen LogP contribution in [0.5, 0.6) is 0 Å². The smallest absolute Gasteiger partial charge is 0.0480 e. The Kier molecular flexibility index (Phi) is 3.32. The molecule has 1 aromatic carbocycles. The molecular weight excluding hydrogens is 170 g/mol. The van der Waals surface area contributed by atoms with Gasteiger partial charge in [0.2, 0.25) is 0 Å². The minimum atomic E-state index is 0.615. The lowest BCUT2D eigenvalue weighted by Gasteiger charge is -2.05. The molecule has 12 heavy (non-hydrogen) atoms. The lowest BCUT2D eigenvalue weighted by Crippen LogP contribution is -1.99. The third-order valence-electron chi connectivity index (χ3n) is 1.70. The van der Waals surface area contributed by atoms with Crippen molar-refractivity contribution < 1.29 is 0 Å². The van der Waals surface area contributed by atoms with Gasteiger partial charge in [0, 0.05) is 5.02 Å². The maximum Gasteiger partial charge on any atom is 0.0480 e. The van der Waals surface area contributed by atoms with Crippen LogP contribution in [0.1, 0.15) is 12.0 Å². The zero-order valence-corrected chi connectivity index (χ0v) is 7.64. The number of rotatable bonds is 3. The van der Waals surface area contributed by atoms with Crippen LogP contribution < -0.4 is 5.73 Å². The molecule has 0 saturated heterocycles. The second-order valence-corrected chi connectivity index (χ2v) is 3.03. The lowest BCUT2D eigenvalue weighted by atomic mass is 10.1. The van der Waals surface area contributed by atoms with Crippen LogP contribution in [-0.2, 0) is 0 Å². The number of halogens is 1. The highest BCUT2D eigenvalue weighted by atomic mass is 35.5. The first kappa shape index (κ1) is 9.30. The fraction of sp³-hybridized carbons (Fsp3) is 0.200. The normalized spacial score (nSPS) is 9.83. The maximum absolute atomic E-state index is 5.95. The zero-order chi connectivity index (χ0) is 8.97. The number of hydrogen-bond donors (Lipinski definition) is 1. The number of nitrogens with two attached hydrogens (primary N) is 1. The Balaban J connectivity index is 2.87. The summed E-state index contributed by atoms with van der Waals surface area (Å²) in [5, 5.41) is 0.746. The van der Waals surface area contributed by atoms with E-state index in [1.807, 2.05) is 24.3 Å². The van der Waals surface area contributed by atoms with Gasteiger partial charge in [0.1, 0.15) is 0 Å². The maximum atomic E-state index is 5.95. The highest BCUT2D eigenvalue weighted by molar-refractivity contribution is 6.32. The number of hydrogen-bond acceptors (Lipinski definition) is 1. The van der Waals surface area contributed by atoms with E-state index in [0.29, 0.717) is 6.54 Å². The monoisotopic (exact) mass is 181 g/mol. The largest absolute Gasteiger partial charge is 0.330 e. The van der Waals surface area contributed by atoms with Gasteiger partial charge in [-0.1, -0.05) is 36.4 Å². The van der Waals surface area contributed by atoms with Crippen molar-refractivity contribution in [1.82, 2.24) is 0 Å². The van der Waals surface area contributed by atoms with E-state index in [9.17, 15) is 0 Å². The van der Waals surface area contributed by atoms with Crippen molar-refractivity contribution >= 4 is 17.2 Å². The highest BCUT2D eigenvalue weighted by Crippen LogP contribution is 2.23. The quantitative estimate of drug-likeness (QED) is 0.763. The van der Waals surface area contributed by atoms with E-state index in [0.717, 1.165) is 22.6 Å². The van der Waals surface area contributed by atoms with Gasteiger partial charge in [-0.25, -0.2) is 0 Å². The van der Waals surface area contributed by atoms with Gasteiger partial charge in [0.25, 0.3) is 0 Å². The van der Waals surface area contributed by atoms with Gasteiger partial charge in [-0.2, -0.15) is 0 Å². The van der Waals surface area contributed by atoms with Crippen molar-refractivity contribution in [2.75, 3.05) is 6.54 Å². The van der Waals surface area contributed by atoms with Gasteiger partial charge in [-0.3, -0.25) is 0 Å². The van der Waals surface area contributed by atoms with E-state index in [-0.39, 0.29) is 0 Å². The van der Waals surface area contributed by atoms with Gasteiger partial charge in [-0.15, -0.1) is 0 Å². The highest BCUT2D eigenvalue weighted by Gasteiger charge is 2.01. The topological polar surface area (TPSA) is 26.0 Å². The molecular formula is C10H12ClN. The summed E-state index contributed by atoms with van der Waals surface area (Å²) in [6.07, 6.45) is 0.795. The minimum absolute atomic E-state index is 0.615. The fourth-order valence-electron chi connectivity index (χ4n) is 1.06. The molecule has 0 saturated carbocycles. The van der Waals surface area contributed by atoms with Crippen molar-refractivity contribution in [2.45, 2.75) is 6.42 Å². The molecule has 1 nitrogen and oxygen atoms in total. The van der Waals surface area contributed by atoms with Gasteiger partial charge in [0.05, 0.1) is 0 Å². The fourth-order valence-corrected chi connectivity index (χ4v) is 1.33. The molecule has 0 aliphatic heterocycles. The molecule has 64 valence electrons. The van der Waals surface area contributed by atoms with Crippen molar-refractivity contribution in [1.29, 1.82) is 0 Å². The Morgan fingerprint density at radius 3 is 2.67 bits per heavy atom. The predicted octanol–water partition coefficient (Wildman–Crippen LogP) is 2.70. The molecule has 2 heteroatoms. The van der Waals surface area contributed by atoms with Gasteiger partial charge >= 0.3 is 0 Å². The molecule has 0 aliphatic rings. The number of benzene rings is 1. The van der Waals surface area contributed by atoms with Crippen molar-refractivity contribution in [2.24, 2.45) is 5.73 Å². The zero-order valence-electron chi connectivity index (χ0n) is 6.89. The summed E-state index contributed by atoms with van der Waals surface area (Å²) >= 11 is 5.95. The Labute approximate surface area is 77.8 Å². The Bertz CT molecular complexity index is 281. The summed E-state index contributed by atoms with van der Waals surface area (Å²) in [4.78, 5) is 0. The standard InChI is InChI=1S/C10H12ClN/c1-8(6-7-12)9-4-2-3-5-10(9)11/h2-5H,1,6-7,12H2. The molecule has 0 bridgehead atoms. The summed E-state index contributed by atoms with van der Waals surface area (Å²) in [6.45, 7) is 4.53. The molecule has 0 aliphatic carbocycles. The third kappa shape index (κ3) is 2.10. The van der Waals surface area contributed by atoms with Crippen molar-refractivity contribution in [3.63, 3.8) is 0 Å². The molecule has 0 amide bonds. The second kappa shape index (κ2) is 4.29. The lowest BCUT2D eigenvalue weighted by molar-refractivity contribution is 1.02. The molecule has 0 radical (unpaired) electrons. The Hall–Kier alpha value is -0.790. The third-order valence-corrected chi connectivity index (χ3v) is 2.03. The van der Waals surface area contributed by atoms with E-state index >= 15 is 0 Å². The molecule has 0 heterocycles. The molecule has 2 N–H and O–H groups in total. The average molecular weight is 182 g/mol. The minimum Gasteiger partial charge on any atom is -0.330 e. The molecule has 1 aromatic rings. The van der Waals surface area contributed by atoms with Crippen LogP contribution in [0, 0.1) is 0 Å². The molecule has 0 unspecified atom stereocenters. The summed E-state index contributed by atoms with van der Waals surface area (Å²) < 4.78 is 0. The predicted molar refractivity (Wildman–Crippen MR) is 54.2 cm³/mol.